The topological polar surface area (TPSA) is 94.2 Å². The molecule has 2 N–H and O–H groups in total. The zero-order valence-electron chi connectivity index (χ0n) is 23.6. The van der Waals surface area contributed by atoms with Crippen molar-refractivity contribution >= 4 is 17.8 Å². The Morgan fingerprint density at radius 1 is 1.09 bits per heavy atom. The van der Waals surface area contributed by atoms with Gasteiger partial charge < -0.3 is 20.3 Å². The number of halogens is 3. The van der Waals surface area contributed by atoms with Gasteiger partial charge in [0.25, 0.3) is 5.91 Å². The Hall–Kier alpha value is -4.16. The second-order valence-electron chi connectivity index (χ2n) is 10.6. The summed E-state index contributed by atoms with van der Waals surface area (Å²) in [5.41, 5.74) is -0.402. The fraction of sp³-hybridized carbons (Fsp3) is 0.387. The molecule has 1 saturated heterocycles. The highest BCUT2D eigenvalue weighted by Crippen LogP contribution is 2.43. The summed E-state index contributed by atoms with van der Waals surface area (Å²) in [6, 6.07) is 10.5. The van der Waals surface area contributed by atoms with Crippen molar-refractivity contribution in [3.05, 3.63) is 95.2 Å². The van der Waals surface area contributed by atoms with E-state index in [2.05, 4.69) is 22.1 Å². The zero-order valence-corrected chi connectivity index (χ0v) is 23.6. The summed E-state index contributed by atoms with van der Waals surface area (Å²) in [5, 5.41) is 5.55. The van der Waals surface area contributed by atoms with E-state index >= 15 is 0 Å². The first kappa shape index (κ1) is 30.3. The van der Waals surface area contributed by atoms with Crippen LogP contribution in [0.1, 0.15) is 35.2 Å². The van der Waals surface area contributed by atoms with Crippen LogP contribution in [0.2, 0.25) is 0 Å². The molecule has 12 heteroatoms. The van der Waals surface area contributed by atoms with Gasteiger partial charge in [0.15, 0.2) is 0 Å². The molecule has 0 spiro atoms. The van der Waals surface area contributed by atoms with Gasteiger partial charge in [0.05, 0.1) is 42.6 Å². The van der Waals surface area contributed by atoms with Crippen molar-refractivity contribution in [1.82, 2.24) is 25.3 Å². The van der Waals surface area contributed by atoms with Gasteiger partial charge in [-0.25, -0.2) is 4.79 Å². The normalized spacial score (nSPS) is 20.1. The van der Waals surface area contributed by atoms with Crippen LogP contribution < -0.4 is 10.6 Å². The first-order valence-corrected chi connectivity index (χ1v) is 14.2. The fourth-order valence-electron chi connectivity index (χ4n) is 5.83. The number of ether oxygens (including phenoxy) is 1. The molecule has 4 amide bonds. The number of benzene rings is 2. The van der Waals surface area contributed by atoms with Crippen LogP contribution >= 0.6 is 0 Å². The molecule has 0 unspecified atom stereocenters. The number of nitrogens with one attached hydrogen (secondary N) is 2. The molecule has 0 saturated carbocycles. The minimum atomic E-state index is -4.71. The van der Waals surface area contributed by atoms with Crippen molar-refractivity contribution in [3.63, 3.8) is 0 Å². The second kappa shape index (κ2) is 13.0. The predicted molar refractivity (Wildman–Crippen MR) is 152 cm³/mol. The van der Waals surface area contributed by atoms with Crippen molar-refractivity contribution in [2.45, 2.75) is 24.7 Å². The standard InChI is InChI=1S/C31H34F3N5O4/c1-2-14-38-24-20-39(29(41)25(24)26(36-30(38)42)22-11-6-7-12-23(22)31(32,33)34)27(21-9-4-3-5-10-21)28(40)35-13-8-15-37-16-18-43-19-17-37/h2-7,9-12,26-27H,1,8,13-20H2,(H,35,40)(H,36,42)/t26-,27+/m1/s1. The number of carbonyl (C=O) groups is 3. The lowest BCUT2D eigenvalue weighted by Crippen LogP contribution is -2.47. The van der Waals surface area contributed by atoms with Gasteiger partial charge in [-0.2, -0.15) is 13.2 Å². The van der Waals surface area contributed by atoms with Crippen molar-refractivity contribution < 1.29 is 32.3 Å². The number of nitrogens with zero attached hydrogens (tertiary/aromatic N) is 3. The lowest BCUT2D eigenvalue weighted by molar-refractivity contribution is -0.138. The van der Waals surface area contributed by atoms with Gasteiger partial charge in [-0.15, -0.1) is 6.58 Å². The van der Waals surface area contributed by atoms with Crippen LogP contribution in [0.4, 0.5) is 18.0 Å². The fourth-order valence-corrected chi connectivity index (χ4v) is 5.83. The highest BCUT2D eigenvalue weighted by molar-refractivity contribution is 6.04. The van der Waals surface area contributed by atoms with Crippen LogP contribution in [0, 0.1) is 0 Å². The Bertz CT molecular complexity index is 1390. The number of hydrogen-bond donors (Lipinski definition) is 2. The largest absolute Gasteiger partial charge is 0.416 e. The summed E-state index contributed by atoms with van der Waals surface area (Å²) in [4.78, 5) is 46.0. The van der Waals surface area contributed by atoms with E-state index in [-0.39, 0.29) is 29.9 Å². The van der Waals surface area contributed by atoms with Crippen LogP contribution in [-0.4, -0.2) is 85.0 Å². The predicted octanol–water partition coefficient (Wildman–Crippen LogP) is 3.63. The van der Waals surface area contributed by atoms with Crippen LogP contribution in [0.15, 0.2) is 78.5 Å². The Balaban J connectivity index is 1.45. The first-order chi connectivity index (χ1) is 20.7. The molecule has 0 bridgehead atoms. The maximum atomic E-state index is 14.2. The van der Waals surface area contributed by atoms with Crippen molar-refractivity contribution in [2.75, 3.05) is 52.5 Å². The maximum absolute atomic E-state index is 14.2. The van der Waals surface area contributed by atoms with Crippen LogP contribution in [0.25, 0.3) is 0 Å². The zero-order chi connectivity index (χ0) is 30.6. The number of urea groups is 1. The molecule has 3 heterocycles. The van der Waals surface area contributed by atoms with E-state index in [1.54, 1.807) is 30.3 Å². The van der Waals surface area contributed by atoms with E-state index in [4.69, 9.17) is 4.74 Å². The van der Waals surface area contributed by atoms with Crippen molar-refractivity contribution in [2.24, 2.45) is 0 Å². The summed E-state index contributed by atoms with van der Waals surface area (Å²) in [5.74, 6) is -1.04. The summed E-state index contributed by atoms with van der Waals surface area (Å²) in [6.07, 6.45) is -2.55. The molecule has 0 aliphatic carbocycles. The molecule has 2 aromatic carbocycles. The van der Waals surface area contributed by atoms with E-state index in [1.807, 2.05) is 0 Å². The third-order valence-electron chi connectivity index (χ3n) is 7.87. The molecule has 9 nitrogen and oxygen atoms in total. The Morgan fingerprint density at radius 2 is 1.79 bits per heavy atom. The highest BCUT2D eigenvalue weighted by atomic mass is 19.4. The summed E-state index contributed by atoms with van der Waals surface area (Å²) >= 11 is 0. The van der Waals surface area contributed by atoms with E-state index < -0.39 is 41.7 Å². The average Bonchev–Trinajstić information content (AvgIpc) is 3.33. The third kappa shape index (κ3) is 6.45. The van der Waals surface area contributed by atoms with Gasteiger partial charge in [0, 0.05) is 26.2 Å². The van der Waals surface area contributed by atoms with Crippen LogP contribution in [0.3, 0.4) is 0 Å². The Kier molecular flexibility index (Phi) is 9.16. The average molecular weight is 598 g/mol. The van der Waals surface area contributed by atoms with Gasteiger partial charge >= 0.3 is 12.2 Å². The molecule has 1 fully saturated rings. The number of rotatable bonds is 10. The second-order valence-corrected chi connectivity index (χ2v) is 10.6. The van der Waals surface area contributed by atoms with E-state index in [1.165, 1.54) is 34.1 Å². The maximum Gasteiger partial charge on any atom is 0.416 e. The lowest BCUT2D eigenvalue weighted by atomic mass is 9.91. The van der Waals surface area contributed by atoms with E-state index in [9.17, 15) is 27.6 Å². The van der Waals surface area contributed by atoms with Crippen LogP contribution in [-0.2, 0) is 20.5 Å². The third-order valence-corrected chi connectivity index (χ3v) is 7.87. The number of hydrogen-bond acceptors (Lipinski definition) is 5. The summed E-state index contributed by atoms with van der Waals surface area (Å²) in [7, 11) is 0. The van der Waals surface area contributed by atoms with Gasteiger partial charge in [0.2, 0.25) is 5.91 Å². The highest BCUT2D eigenvalue weighted by Gasteiger charge is 2.49. The van der Waals surface area contributed by atoms with Gasteiger partial charge in [-0.1, -0.05) is 54.6 Å². The quantitative estimate of drug-likeness (QED) is 0.322. The van der Waals surface area contributed by atoms with Crippen molar-refractivity contribution in [1.29, 1.82) is 0 Å². The minimum absolute atomic E-state index is 0.000742. The van der Waals surface area contributed by atoms with Crippen molar-refractivity contribution in [3.8, 4) is 0 Å². The Labute approximate surface area is 247 Å². The van der Waals surface area contributed by atoms with E-state index in [0.29, 0.717) is 31.7 Å². The molecule has 0 aromatic heterocycles. The molecular formula is C31H34F3N5O4. The van der Waals surface area contributed by atoms with E-state index in [0.717, 1.165) is 25.7 Å². The van der Waals surface area contributed by atoms with Gasteiger partial charge in [-0.05, 0) is 30.2 Å². The number of amides is 4. The SMILES string of the molecule is C=CCN1C(=O)N[C@H](c2ccccc2C(F)(F)F)C2=C1CN([C@H](C(=O)NCCCN1CCOCC1)c1ccccc1)C2=O. The molecular weight excluding hydrogens is 563 g/mol. The van der Waals surface area contributed by atoms with Gasteiger partial charge in [0.1, 0.15) is 6.04 Å². The molecule has 3 aliphatic rings. The number of carbonyl (C=O) groups excluding carboxylic acids is 3. The molecule has 5 rings (SSSR count). The molecule has 228 valence electrons. The Morgan fingerprint density at radius 3 is 2.49 bits per heavy atom. The van der Waals surface area contributed by atoms with Crippen LogP contribution in [0.5, 0.6) is 0 Å². The number of morpholine rings is 1. The summed E-state index contributed by atoms with van der Waals surface area (Å²) < 4.78 is 47.5. The smallest absolute Gasteiger partial charge is 0.379 e. The molecule has 0 radical (unpaired) electrons. The van der Waals surface area contributed by atoms with Gasteiger partial charge in [-0.3, -0.25) is 19.4 Å². The summed E-state index contributed by atoms with van der Waals surface area (Å²) in [6.45, 7) is 7.73. The molecule has 3 aliphatic heterocycles. The monoisotopic (exact) mass is 597 g/mol. The molecule has 2 aromatic rings. The molecule has 2 atom stereocenters. The number of alkyl halides is 3. The minimum Gasteiger partial charge on any atom is -0.379 e. The molecule has 43 heavy (non-hydrogen) atoms. The first-order valence-electron chi connectivity index (χ1n) is 14.2. The lowest BCUT2D eigenvalue weighted by Gasteiger charge is -2.33.